The summed E-state index contributed by atoms with van der Waals surface area (Å²) >= 11 is 1.01. The van der Waals surface area contributed by atoms with E-state index < -0.39 is 39.8 Å². The third-order valence-electron chi connectivity index (χ3n) is 5.73. The Labute approximate surface area is 218 Å². The second-order valence-electron chi connectivity index (χ2n) is 8.46. The number of guanidine groups is 1. The van der Waals surface area contributed by atoms with Crippen LogP contribution in [0.5, 0.6) is 0 Å². The molecule has 0 radical (unpaired) electrons. The molecule has 1 aliphatic carbocycles. The average molecular weight is 570 g/mol. The Morgan fingerprint density at radius 3 is 2.63 bits per heavy atom. The number of nitrogen functional groups attached to an aromatic ring is 1. The summed E-state index contributed by atoms with van der Waals surface area (Å²) in [6.07, 6.45) is 2.22. The number of ketones is 1. The van der Waals surface area contributed by atoms with Gasteiger partial charge in [0.15, 0.2) is 28.2 Å². The van der Waals surface area contributed by atoms with E-state index >= 15 is 0 Å². The van der Waals surface area contributed by atoms with Gasteiger partial charge in [0.05, 0.1) is 25.3 Å². The molecule has 2 amide bonds. The molecule has 2 aromatic heterocycles. The van der Waals surface area contributed by atoms with Crippen molar-refractivity contribution in [2.24, 2.45) is 21.6 Å². The number of nitrogens with two attached hydrogens (primary N) is 3. The first-order valence-corrected chi connectivity index (χ1v) is 13.1. The van der Waals surface area contributed by atoms with Crippen LogP contribution in [0.15, 0.2) is 21.7 Å². The number of amides is 2. The van der Waals surface area contributed by atoms with Crippen molar-refractivity contribution in [2.75, 3.05) is 5.73 Å². The van der Waals surface area contributed by atoms with Crippen molar-refractivity contribution in [1.29, 1.82) is 0 Å². The van der Waals surface area contributed by atoms with E-state index in [1.54, 1.807) is 0 Å². The molecule has 1 saturated heterocycles. The third-order valence-corrected chi connectivity index (χ3v) is 7.35. The monoisotopic (exact) mass is 569 g/mol. The van der Waals surface area contributed by atoms with E-state index in [1.807, 2.05) is 0 Å². The van der Waals surface area contributed by atoms with E-state index in [-0.39, 0.29) is 45.7 Å². The van der Waals surface area contributed by atoms with Gasteiger partial charge in [0.1, 0.15) is 17.4 Å². The normalized spacial score (nSPS) is 20.4. The summed E-state index contributed by atoms with van der Waals surface area (Å²) in [4.78, 5) is 50.8. The second-order valence-corrected chi connectivity index (χ2v) is 10.6. The van der Waals surface area contributed by atoms with Gasteiger partial charge >= 0.3 is 10.3 Å². The first-order chi connectivity index (χ1) is 17.8. The maximum Gasteiger partial charge on any atom is 0.362 e. The Bertz CT molecular complexity index is 1440. The topological polar surface area (TPSA) is 276 Å². The molecular weight excluding hydrogens is 546 g/mol. The first kappa shape index (κ1) is 26.9. The number of oxime groups is 1. The standard InChI is InChI=1S/C18H23N11O7S2/c1-8(30)18(2-3-18)36-26-12(10-7-37-17(21)23-10)14(31)24-13-11(29(15(13)32)38(33,34)35)6-28-5-9(25-27-28)4-22-16(19)20/h5,7,11,13H,2-4,6H2,1H3,(H2,21,23)(H,24,31)(H4,19,20,22)(H,33,34,35). The number of β-lactam (4-membered cyclic amide) rings is 1. The van der Waals surface area contributed by atoms with Gasteiger partial charge in [0.25, 0.3) is 11.8 Å². The highest BCUT2D eigenvalue weighted by molar-refractivity contribution is 7.84. The molecule has 2 atom stereocenters. The fraction of sp³-hybridized carbons (Fsp3) is 0.444. The Hall–Kier alpha value is -4.17. The number of rotatable bonds is 11. The van der Waals surface area contributed by atoms with Crippen LogP contribution in [0.2, 0.25) is 0 Å². The number of aromatic nitrogens is 4. The number of carbonyl (C=O) groups is 3. The molecule has 2 aliphatic rings. The van der Waals surface area contributed by atoms with Crippen molar-refractivity contribution in [3.05, 3.63) is 23.0 Å². The molecule has 1 aliphatic heterocycles. The summed E-state index contributed by atoms with van der Waals surface area (Å²) in [6.45, 7) is 1.04. The minimum absolute atomic E-state index is 0.00748. The van der Waals surface area contributed by atoms with E-state index in [2.05, 4.69) is 30.8 Å². The number of thiazole rings is 1. The molecule has 2 unspecified atom stereocenters. The lowest BCUT2D eigenvalue weighted by molar-refractivity contribution is -0.145. The van der Waals surface area contributed by atoms with Crippen molar-refractivity contribution < 1.29 is 32.2 Å². The zero-order chi connectivity index (χ0) is 27.8. The SMILES string of the molecule is CC(=O)C1(ON=C(C(=O)NC2C(=O)N(S(=O)(=O)O)C2Cn2cc(CN=C(N)N)nn2)c2csc(N)n2)CC1. The summed E-state index contributed by atoms with van der Waals surface area (Å²) in [7, 11) is -4.97. The van der Waals surface area contributed by atoms with E-state index in [4.69, 9.17) is 22.0 Å². The summed E-state index contributed by atoms with van der Waals surface area (Å²) in [6, 6.07) is -2.70. The minimum Gasteiger partial charge on any atom is -0.380 e. The van der Waals surface area contributed by atoms with Crippen molar-refractivity contribution in [1.82, 2.24) is 29.6 Å². The van der Waals surface area contributed by atoms with E-state index in [0.29, 0.717) is 18.5 Å². The molecule has 0 spiro atoms. The van der Waals surface area contributed by atoms with Crippen LogP contribution < -0.4 is 22.5 Å². The molecule has 2 aromatic rings. The highest BCUT2D eigenvalue weighted by Gasteiger charge is 2.55. The van der Waals surface area contributed by atoms with Gasteiger partial charge in [-0.15, -0.1) is 16.4 Å². The van der Waals surface area contributed by atoms with Gasteiger partial charge in [-0.25, -0.2) is 19.0 Å². The van der Waals surface area contributed by atoms with Crippen molar-refractivity contribution in [3.8, 4) is 0 Å². The molecule has 38 heavy (non-hydrogen) atoms. The fourth-order valence-corrected chi connectivity index (χ4v) is 4.99. The molecule has 0 aromatic carbocycles. The maximum absolute atomic E-state index is 13.2. The minimum atomic E-state index is -4.97. The van der Waals surface area contributed by atoms with Gasteiger partial charge in [-0.1, -0.05) is 10.4 Å². The van der Waals surface area contributed by atoms with Gasteiger partial charge in [-0.05, 0) is 6.92 Å². The number of Topliss-reactive ketones (excluding diaryl/α,β-unsaturated/α-hetero) is 1. The van der Waals surface area contributed by atoms with Crippen LogP contribution in [0.1, 0.15) is 31.2 Å². The Morgan fingerprint density at radius 2 is 2.08 bits per heavy atom. The quantitative estimate of drug-likeness (QED) is 0.0599. The van der Waals surface area contributed by atoms with Crippen LogP contribution in [0.4, 0.5) is 5.13 Å². The molecule has 3 heterocycles. The third kappa shape index (κ3) is 5.55. The first-order valence-electron chi connectivity index (χ1n) is 10.9. The molecule has 20 heteroatoms. The van der Waals surface area contributed by atoms with Crippen LogP contribution in [0.25, 0.3) is 0 Å². The largest absolute Gasteiger partial charge is 0.380 e. The van der Waals surface area contributed by atoms with Crippen molar-refractivity contribution in [3.63, 3.8) is 0 Å². The Balaban J connectivity index is 1.56. The van der Waals surface area contributed by atoms with Gasteiger partial charge in [0.2, 0.25) is 0 Å². The predicted molar refractivity (Wildman–Crippen MR) is 130 cm³/mol. The Kier molecular flexibility index (Phi) is 7.04. The van der Waals surface area contributed by atoms with Crippen LogP contribution >= 0.6 is 11.3 Å². The number of hydrogen-bond acceptors (Lipinski definition) is 13. The lowest BCUT2D eigenvalue weighted by atomic mass is 9.98. The van der Waals surface area contributed by atoms with Gasteiger partial charge in [0, 0.05) is 18.2 Å². The number of carbonyl (C=O) groups excluding carboxylic acids is 3. The number of hydrogen-bond donors (Lipinski definition) is 5. The van der Waals surface area contributed by atoms with Gasteiger partial charge in [-0.2, -0.15) is 8.42 Å². The maximum atomic E-state index is 13.2. The second kappa shape index (κ2) is 9.95. The zero-order valence-corrected chi connectivity index (χ0v) is 21.3. The lowest BCUT2D eigenvalue weighted by Gasteiger charge is -2.43. The van der Waals surface area contributed by atoms with Crippen molar-refractivity contribution >= 4 is 56.0 Å². The van der Waals surface area contributed by atoms with Crippen molar-refractivity contribution in [2.45, 2.75) is 50.5 Å². The lowest BCUT2D eigenvalue weighted by Crippen LogP contribution is -2.73. The van der Waals surface area contributed by atoms with Crippen LogP contribution in [0.3, 0.4) is 0 Å². The van der Waals surface area contributed by atoms with E-state index in [9.17, 15) is 27.4 Å². The summed E-state index contributed by atoms with van der Waals surface area (Å²) in [5, 5.41) is 15.4. The highest BCUT2D eigenvalue weighted by Crippen LogP contribution is 2.40. The molecule has 0 bridgehead atoms. The summed E-state index contributed by atoms with van der Waals surface area (Å²) in [5.74, 6) is -2.51. The molecule has 18 nitrogen and oxygen atoms in total. The van der Waals surface area contributed by atoms with Crippen LogP contribution in [-0.2, 0) is 42.6 Å². The van der Waals surface area contributed by atoms with E-state index in [0.717, 1.165) is 11.3 Å². The van der Waals surface area contributed by atoms with E-state index in [1.165, 1.54) is 23.2 Å². The number of anilines is 1. The molecule has 2 fully saturated rings. The highest BCUT2D eigenvalue weighted by atomic mass is 32.2. The van der Waals surface area contributed by atoms with Gasteiger partial charge in [-0.3, -0.25) is 18.9 Å². The zero-order valence-electron chi connectivity index (χ0n) is 19.7. The van der Waals surface area contributed by atoms with Crippen LogP contribution in [0, 0.1) is 0 Å². The number of aliphatic imine (C=N–C) groups is 1. The van der Waals surface area contributed by atoms with Gasteiger partial charge < -0.3 is 27.4 Å². The Morgan fingerprint density at radius 1 is 1.37 bits per heavy atom. The predicted octanol–water partition coefficient (Wildman–Crippen LogP) is -2.87. The molecule has 204 valence electrons. The number of nitrogens with zero attached hydrogens (tertiary/aromatic N) is 7. The smallest absolute Gasteiger partial charge is 0.362 e. The number of nitrogens with one attached hydrogen (secondary N) is 1. The molecule has 1 saturated carbocycles. The average Bonchev–Trinajstić information content (AvgIpc) is 3.29. The van der Waals surface area contributed by atoms with Crippen LogP contribution in [-0.4, -0.2) is 84.2 Å². The fourth-order valence-electron chi connectivity index (χ4n) is 3.57. The summed E-state index contributed by atoms with van der Waals surface area (Å²) < 4.78 is 34.6. The molecule has 8 N–H and O–H groups in total. The summed E-state index contributed by atoms with van der Waals surface area (Å²) in [5.41, 5.74) is 15.0. The molecular formula is C18H23N11O7S2. The molecule has 4 rings (SSSR count).